The summed E-state index contributed by atoms with van der Waals surface area (Å²) in [4.78, 5) is 17.5. The monoisotopic (exact) mass is 532 g/mol. The molecule has 1 aliphatic carbocycles. The van der Waals surface area contributed by atoms with E-state index < -0.39 is 24.4 Å². The van der Waals surface area contributed by atoms with Crippen LogP contribution in [0.25, 0.3) is 28.1 Å². The summed E-state index contributed by atoms with van der Waals surface area (Å²) in [5, 5.41) is 4.00. The highest BCUT2D eigenvalue weighted by Crippen LogP contribution is 2.44. The normalized spacial score (nSPS) is 17.5. The number of nitrogens with zero attached hydrogens (tertiary/aromatic N) is 1. The third-order valence-corrected chi connectivity index (χ3v) is 8.32. The van der Waals surface area contributed by atoms with E-state index in [-0.39, 0.29) is 19.1 Å². The molecule has 4 aromatic rings. The van der Waals surface area contributed by atoms with E-state index in [0.29, 0.717) is 0 Å². The molecule has 0 atom stereocenters. The molecule has 1 saturated heterocycles. The molecule has 40 heavy (non-hydrogen) atoms. The van der Waals surface area contributed by atoms with Crippen LogP contribution in [0.1, 0.15) is 50.3 Å². The van der Waals surface area contributed by atoms with Gasteiger partial charge in [-0.1, -0.05) is 72.8 Å². The van der Waals surface area contributed by atoms with Crippen LogP contribution in [-0.4, -0.2) is 42.5 Å². The number of hydrogen-bond acceptors (Lipinski definition) is 5. The van der Waals surface area contributed by atoms with Crippen LogP contribution in [0.2, 0.25) is 0 Å². The van der Waals surface area contributed by atoms with Crippen molar-refractivity contribution in [2.75, 3.05) is 13.2 Å². The lowest BCUT2D eigenvalue weighted by molar-refractivity contribution is 0.00578. The van der Waals surface area contributed by atoms with E-state index in [0.717, 1.165) is 21.9 Å². The predicted octanol–water partition coefficient (Wildman–Crippen LogP) is 6.79. The van der Waals surface area contributed by atoms with Crippen LogP contribution in [-0.2, 0) is 14.0 Å². The Balaban J connectivity index is 1.19. The quantitative estimate of drug-likeness (QED) is 0.277. The molecule has 2 heterocycles. The third-order valence-electron chi connectivity index (χ3n) is 8.32. The van der Waals surface area contributed by atoms with Crippen molar-refractivity contribution < 1.29 is 18.8 Å². The van der Waals surface area contributed by atoms with E-state index in [1.165, 1.54) is 22.3 Å². The van der Waals surface area contributed by atoms with Gasteiger partial charge in [0.1, 0.15) is 6.61 Å². The number of hydrogen-bond donors (Lipinski definition) is 1. The van der Waals surface area contributed by atoms with Gasteiger partial charge in [0.2, 0.25) is 0 Å². The van der Waals surface area contributed by atoms with Crippen molar-refractivity contribution in [3.63, 3.8) is 0 Å². The molecule has 1 aromatic heterocycles. The fraction of sp³-hybridized carbons (Fsp3) is 0.273. The van der Waals surface area contributed by atoms with Crippen molar-refractivity contribution in [1.82, 2.24) is 10.3 Å². The minimum Gasteiger partial charge on any atom is -0.449 e. The first-order valence-corrected chi connectivity index (χ1v) is 13.7. The molecule has 0 saturated carbocycles. The number of nitrogens with one attached hydrogen (secondary N) is 1. The fourth-order valence-corrected chi connectivity index (χ4v) is 5.41. The number of pyridine rings is 1. The average molecular weight is 532 g/mol. The maximum atomic E-state index is 13.0. The number of ether oxygens (including phenoxy) is 1. The van der Waals surface area contributed by atoms with E-state index in [4.69, 9.17) is 14.0 Å². The van der Waals surface area contributed by atoms with Gasteiger partial charge in [0.25, 0.3) is 0 Å². The van der Waals surface area contributed by atoms with Crippen LogP contribution in [0.15, 0.2) is 90.5 Å². The Kier molecular flexibility index (Phi) is 6.73. The maximum Gasteiger partial charge on any atom is 0.492 e. The van der Waals surface area contributed by atoms with Gasteiger partial charge in [-0.3, -0.25) is 4.98 Å². The number of carbonyl (C=O) groups excluding carboxylic acids is 1. The molecular formula is C33H33BN2O4. The molecule has 7 heteroatoms. The number of aromatic nitrogens is 1. The highest BCUT2D eigenvalue weighted by molar-refractivity contribution is 6.56. The molecule has 0 spiro atoms. The minimum absolute atomic E-state index is 0.00126. The Bertz CT molecular complexity index is 1550. The SMILES string of the molecule is CC1(C)OB(C(=Cc2ccc3cccnc3c2)CNC(=O)OCC2c3ccccc3-c3ccccc32)OC1(C)C. The lowest BCUT2D eigenvalue weighted by Gasteiger charge is -2.32. The highest BCUT2D eigenvalue weighted by Gasteiger charge is 2.52. The standard InChI is InChI=1S/C33H33BN2O4/c1-32(2)33(3,4)40-34(39-32)24(18-22-15-16-23-10-9-17-35-30(23)19-22)20-36-31(37)38-21-29-27-13-7-5-11-25(27)26-12-6-8-14-28(26)29/h5-19,29H,20-21H2,1-4H3,(H,36,37). The van der Waals surface area contributed by atoms with Crippen molar-refractivity contribution in [2.45, 2.75) is 44.8 Å². The van der Waals surface area contributed by atoms with Crippen molar-refractivity contribution in [1.29, 1.82) is 0 Å². The van der Waals surface area contributed by atoms with E-state index in [2.05, 4.69) is 34.6 Å². The number of rotatable bonds is 6. The third kappa shape index (κ3) is 4.91. The van der Waals surface area contributed by atoms with Crippen molar-refractivity contribution in [3.8, 4) is 11.1 Å². The molecule has 1 fully saturated rings. The van der Waals surface area contributed by atoms with E-state index in [9.17, 15) is 4.79 Å². The Morgan fingerprint density at radius 2 is 1.57 bits per heavy atom. The Morgan fingerprint density at radius 3 is 2.25 bits per heavy atom. The molecule has 6 nitrogen and oxygen atoms in total. The number of carbonyl (C=O) groups is 1. The molecule has 1 aliphatic heterocycles. The summed E-state index contributed by atoms with van der Waals surface area (Å²) >= 11 is 0. The topological polar surface area (TPSA) is 69.7 Å². The summed E-state index contributed by atoms with van der Waals surface area (Å²) in [6, 6.07) is 26.7. The first-order chi connectivity index (χ1) is 19.2. The van der Waals surface area contributed by atoms with E-state index in [1.807, 2.05) is 88.4 Å². The van der Waals surface area contributed by atoms with Crippen LogP contribution in [0.4, 0.5) is 4.79 Å². The summed E-state index contributed by atoms with van der Waals surface area (Å²) in [5.74, 6) is 0.00126. The second-order valence-corrected chi connectivity index (χ2v) is 11.4. The van der Waals surface area contributed by atoms with Gasteiger partial charge in [-0.05, 0) is 73.1 Å². The van der Waals surface area contributed by atoms with Crippen LogP contribution in [0.5, 0.6) is 0 Å². The lowest BCUT2D eigenvalue weighted by Crippen LogP contribution is -2.41. The molecule has 202 valence electrons. The molecule has 1 amide bonds. The first kappa shape index (κ1) is 26.3. The van der Waals surface area contributed by atoms with Gasteiger partial charge in [0.05, 0.1) is 16.7 Å². The van der Waals surface area contributed by atoms with Crippen LogP contribution in [0.3, 0.4) is 0 Å². The minimum atomic E-state index is -0.613. The lowest BCUT2D eigenvalue weighted by atomic mass is 9.77. The second-order valence-electron chi connectivity index (χ2n) is 11.4. The van der Waals surface area contributed by atoms with Gasteiger partial charge >= 0.3 is 13.2 Å². The van der Waals surface area contributed by atoms with Crippen molar-refractivity contribution in [3.05, 3.63) is 107 Å². The molecular weight excluding hydrogens is 499 g/mol. The number of fused-ring (bicyclic) bond motifs is 4. The van der Waals surface area contributed by atoms with Crippen LogP contribution < -0.4 is 5.32 Å². The first-order valence-electron chi connectivity index (χ1n) is 13.7. The van der Waals surface area contributed by atoms with Gasteiger partial charge in [-0.15, -0.1) is 0 Å². The molecule has 1 N–H and O–H groups in total. The summed E-state index contributed by atoms with van der Waals surface area (Å²) in [6.07, 6.45) is 3.30. The Labute approximate surface area is 235 Å². The van der Waals surface area contributed by atoms with E-state index >= 15 is 0 Å². The summed E-state index contributed by atoms with van der Waals surface area (Å²) in [6.45, 7) is 8.54. The number of amides is 1. The van der Waals surface area contributed by atoms with Crippen LogP contribution >= 0.6 is 0 Å². The molecule has 3 aromatic carbocycles. The smallest absolute Gasteiger partial charge is 0.449 e. The predicted molar refractivity (Wildman–Crippen MR) is 159 cm³/mol. The zero-order valence-corrected chi connectivity index (χ0v) is 23.3. The summed E-state index contributed by atoms with van der Waals surface area (Å²) in [5.41, 5.74) is 6.38. The molecule has 0 unspecified atom stereocenters. The van der Waals surface area contributed by atoms with Crippen LogP contribution in [0, 0.1) is 0 Å². The van der Waals surface area contributed by atoms with Gasteiger partial charge in [-0.25, -0.2) is 4.79 Å². The molecule has 0 radical (unpaired) electrons. The summed E-state index contributed by atoms with van der Waals surface area (Å²) in [7, 11) is -0.613. The number of alkyl carbamates (subject to hydrolysis) is 1. The highest BCUT2D eigenvalue weighted by atomic mass is 16.7. The van der Waals surface area contributed by atoms with Gasteiger partial charge in [-0.2, -0.15) is 0 Å². The number of benzene rings is 3. The summed E-state index contributed by atoms with van der Waals surface area (Å²) < 4.78 is 18.5. The fourth-order valence-electron chi connectivity index (χ4n) is 5.41. The largest absolute Gasteiger partial charge is 0.492 e. The van der Waals surface area contributed by atoms with Crippen molar-refractivity contribution in [2.24, 2.45) is 0 Å². The van der Waals surface area contributed by atoms with E-state index in [1.54, 1.807) is 6.20 Å². The zero-order valence-electron chi connectivity index (χ0n) is 23.3. The molecule has 2 aliphatic rings. The Hall–Kier alpha value is -3.94. The maximum absolute atomic E-state index is 13.0. The van der Waals surface area contributed by atoms with Gasteiger partial charge in [0, 0.05) is 24.0 Å². The Morgan fingerprint density at radius 1 is 0.925 bits per heavy atom. The molecule has 0 bridgehead atoms. The average Bonchev–Trinajstić information content (AvgIpc) is 3.38. The van der Waals surface area contributed by atoms with Gasteiger partial charge in [0.15, 0.2) is 0 Å². The second kappa shape index (κ2) is 10.2. The van der Waals surface area contributed by atoms with Crippen molar-refractivity contribution >= 4 is 30.2 Å². The van der Waals surface area contributed by atoms with Gasteiger partial charge < -0.3 is 19.4 Å². The zero-order chi connectivity index (χ0) is 27.9. The molecule has 6 rings (SSSR count).